The van der Waals surface area contributed by atoms with Crippen LogP contribution in [0.25, 0.3) is 0 Å². The van der Waals surface area contributed by atoms with E-state index in [0.717, 1.165) is 5.56 Å². The first kappa shape index (κ1) is 17.5. The molecule has 1 heterocycles. The molecule has 0 fully saturated rings. The Morgan fingerprint density at radius 3 is 2.52 bits per heavy atom. The maximum Gasteiger partial charge on any atom is 0.314 e. The number of carbonyl (C=O) groups excluding carboxylic acids is 1. The molecular formula is C18H24N2O2S. The van der Waals surface area contributed by atoms with Gasteiger partial charge in [0.25, 0.3) is 0 Å². The fourth-order valence-corrected chi connectivity index (χ4v) is 3.25. The monoisotopic (exact) mass is 332 g/mol. The molecule has 0 saturated heterocycles. The highest BCUT2D eigenvalue weighted by atomic mass is 32.1. The Labute approximate surface area is 141 Å². The average molecular weight is 332 g/mol. The summed E-state index contributed by atoms with van der Waals surface area (Å²) in [6.07, 6.45) is 0.635. The second kappa shape index (κ2) is 9.33. The summed E-state index contributed by atoms with van der Waals surface area (Å²) < 4.78 is 0. The molecule has 0 aliphatic rings. The minimum absolute atomic E-state index is 0.109. The molecule has 0 spiro atoms. The van der Waals surface area contributed by atoms with Crippen LogP contribution >= 0.6 is 11.3 Å². The van der Waals surface area contributed by atoms with E-state index in [1.807, 2.05) is 41.8 Å². The highest BCUT2D eigenvalue weighted by molar-refractivity contribution is 7.10. The molecule has 4 nitrogen and oxygen atoms in total. The fraction of sp³-hybridized carbons (Fsp3) is 0.389. The highest BCUT2D eigenvalue weighted by Crippen LogP contribution is 2.20. The van der Waals surface area contributed by atoms with E-state index in [2.05, 4.69) is 23.6 Å². The third-order valence-corrected chi connectivity index (χ3v) is 4.96. The van der Waals surface area contributed by atoms with E-state index < -0.39 is 0 Å². The van der Waals surface area contributed by atoms with E-state index in [0.29, 0.717) is 25.4 Å². The van der Waals surface area contributed by atoms with Crippen molar-refractivity contribution in [2.45, 2.75) is 25.2 Å². The van der Waals surface area contributed by atoms with E-state index in [1.54, 1.807) is 11.3 Å². The van der Waals surface area contributed by atoms with Crippen LogP contribution in [0, 0.1) is 0 Å². The van der Waals surface area contributed by atoms with Crippen LogP contribution in [0.3, 0.4) is 0 Å². The molecule has 124 valence electrons. The molecule has 0 aliphatic heterocycles. The quantitative estimate of drug-likeness (QED) is 0.694. The van der Waals surface area contributed by atoms with Crippen molar-refractivity contribution in [3.63, 3.8) is 0 Å². The second-order valence-electron chi connectivity index (χ2n) is 5.63. The van der Waals surface area contributed by atoms with Crippen LogP contribution in [0.2, 0.25) is 0 Å². The number of hydrogen-bond acceptors (Lipinski definition) is 3. The van der Waals surface area contributed by atoms with Gasteiger partial charge in [-0.3, -0.25) is 0 Å². The number of aliphatic hydroxyl groups is 1. The van der Waals surface area contributed by atoms with Crippen LogP contribution in [0.1, 0.15) is 35.6 Å². The Hall–Kier alpha value is -1.85. The van der Waals surface area contributed by atoms with Gasteiger partial charge in [0.05, 0.1) is 0 Å². The molecule has 0 saturated carbocycles. The number of urea groups is 1. The van der Waals surface area contributed by atoms with E-state index in [1.165, 1.54) is 4.88 Å². The molecule has 3 N–H and O–H groups in total. The van der Waals surface area contributed by atoms with E-state index in [4.69, 9.17) is 0 Å². The van der Waals surface area contributed by atoms with Gasteiger partial charge in [0, 0.05) is 36.4 Å². The summed E-state index contributed by atoms with van der Waals surface area (Å²) in [5.41, 5.74) is 1.13. The maximum absolute atomic E-state index is 12.0. The molecule has 5 heteroatoms. The van der Waals surface area contributed by atoms with Crippen LogP contribution < -0.4 is 10.6 Å². The molecule has 1 aromatic carbocycles. The predicted octanol–water partition coefficient (Wildman–Crippen LogP) is 3.32. The third kappa shape index (κ3) is 5.69. The Morgan fingerprint density at radius 2 is 1.87 bits per heavy atom. The highest BCUT2D eigenvalue weighted by Gasteiger charge is 2.13. The molecule has 2 amide bonds. The molecule has 1 aromatic heterocycles. The normalized spacial score (nSPS) is 13.3. The molecule has 2 rings (SSSR count). The topological polar surface area (TPSA) is 61.4 Å². The lowest BCUT2D eigenvalue weighted by Gasteiger charge is -2.18. The van der Waals surface area contributed by atoms with Crippen molar-refractivity contribution in [2.24, 2.45) is 0 Å². The van der Waals surface area contributed by atoms with Gasteiger partial charge in [0.2, 0.25) is 0 Å². The van der Waals surface area contributed by atoms with Gasteiger partial charge in [0.15, 0.2) is 0 Å². The Balaban J connectivity index is 1.77. The van der Waals surface area contributed by atoms with E-state index in [9.17, 15) is 9.90 Å². The van der Waals surface area contributed by atoms with Gasteiger partial charge in [-0.1, -0.05) is 43.3 Å². The number of aliphatic hydroxyl groups excluding tert-OH is 1. The first-order valence-corrected chi connectivity index (χ1v) is 8.79. The van der Waals surface area contributed by atoms with Crippen molar-refractivity contribution in [2.75, 3.05) is 19.7 Å². The molecule has 0 bridgehead atoms. The van der Waals surface area contributed by atoms with Crippen LogP contribution in [-0.2, 0) is 0 Å². The Kier molecular flexibility index (Phi) is 7.10. The minimum atomic E-state index is -0.160. The lowest BCUT2D eigenvalue weighted by atomic mass is 9.96. The zero-order chi connectivity index (χ0) is 16.5. The SMILES string of the molecule is CC(CNC(=O)NCC(CCO)c1ccccc1)c1cccs1. The Bertz CT molecular complexity index is 572. The zero-order valence-corrected chi connectivity index (χ0v) is 14.2. The fourth-order valence-electron chi connectivity index (χ4n) is 2.46. The van der Waals surface area contributed by atoms with Crippen molar-refractivity contribution >= 4 is 17.4 Å². The Morgan fingerprint density at radius 1 is 1.13 bits per heavy atom. The van der Waals surface area contributed by atoms with Crippen molar-refractivity contribution in [3.05, 3.63) is 58.3 Å². The molecule has 0 radical (unpaired) electrons. The van der Waals surface area contributed by atoms with E-state index in [-0.39, 0.29) is 18.6 Å². The first-order valence-electron chi connectivity index (χ1n) is 7.91. The summed E-state index contributed by atoms with van der Waals surface area (Å²) in [5.74, 6) is 0.435. The summed E-state index contributed by atoms with van der Waals surface area (Å²) in [6.45, 7) is 3.34. The number of benzene rings is 1. The average Bonchev–Trinajstić information content (AvgIpc) is 3.12. The number of nitrogens with one attached hydrogen (secondary N) is 2. The van der Waals surface area contributed by atoms with E-state index >= 15 is 0 Å². The number of thiophene rings is 1. The molecule has 2 unspecified atom stereocenters. The summed E-state index contributed by atoms with van der Waals surface area (Å²) in [5, 5.41) is 17.1. The zero-order valence-electron chi connectivity index (χ0n) is 13.4. The van der Waals surface area contributed by atoms with Gasteiger partial charge in [0.1, 0.15) is 0 Å². The lowest BCUT2D eigenvalue weighted by Crippen LogP contribution is -2.39. The summed E-state index contributed by atoms with van der Waals surface area (Å²) in [4.78, 5) is 13.2. The molecule has 2 atom stereocenters. The predicted molar refractivity (Wildman–Crippen MR) is 95.0 cm³/mol. The standard InChI is InChI=1S/C18H24N2O2S/c1-14(17-8-5-11-23-17)12-19-18(22)20-13-16(9-10-21)15-6-3-2-4-7-15/h2-8,11,14,16,21H,9-10,12-13H2,1H3,(H2,19,20,22). The largest absolute Gasteiger partial charge is 0.396 e. The van der Waals surface area contributed by atoms with Gasteiger partial charge >= 0.3 is 6.03 Å². The van der Waals surface area contributed by atoms with Gasteiger partial charge in [-0.2, -0.15) is 0 Å². The van der Waals surface area contributed by atoms with Crippen molar-refractivity contribution in [1.29, 1.82) is 0 Å². The van der Waals surface area contributed by atoms with Crippen LogP contribution in [0.5, 0.6) is 0 Å². The second-order valence-corrected chi connectivity index (χ2v) is 6.61. The summed E-state index contributed by atoms with van der Waals surface area (Å²) in [6, 6.07) is 13.9. The smallest absolute Gasteiger partial charge is 0.314 e. The van der Waals surface area contributed by atoms with Crippen LogP contribution in [-0.4, -0.2) is 30.8 Å². The van der Waals surface area contributed by atoms with Crippen molar-refractivity contribution < 1.29 is 9.90 Å². The summed E-state index contributed by atoms with van der Waals surface area (Å²) in [7, 11) is 0. The number of rotatable bonds is 8. The van der Waals surface area contributed by atoms with Crippen molar-refractivity contribution in [1.82, 2.24) is 10.6 Å². The molecular weight excluding hydrogens is 308 g/mol. The molecule has 0 aliphatic carbocycles. The van der Waals surface area contributed by atoms with Gasteiger partial charge in [-0.25, -0.2) is 4.79 Å². The van der Waals surface area contributed by atoms with Gasteiger partial charge in [-0.05, 0) is 23.4 Å². The number of amides is 2. The minimum Gasteiger partial charge on any atom is -0.396 e. The molecule has 23 heavy (non-hydrogen) atoms. The van der Waals surface area contributed by atoms with Gasteiger partial charge < -0.3 is 15.7 Å². The van der Waals surface area contributed by atoms with Crippen molar-refractivity contribution in [3.8, 4) is 0 Å². The summed E-state index contributed by atoms with van der Waals surface area (Å²) >= 11 is 1.71. The van der Waals surface area contributed by atoms with Crippen LogP contribution in [0.15, 0.2) is 47.8 Å². The van der Waals surface area contributed by atoms with Gasteiger partial charge in [-0.15, -0.1) is 11.3 Å². The number of carbonyl (C=O) groups is 1. The first-order chi connectivity index (χ1) is 11.2. The lowest BCUT2D eigenvalue weighted by molar-refractivity contribution is 0.237. The van der Waals surface area contributed by atoms with Crippen LogP contribution in [0.4, 0.5) is 4.79 Å². The number of hydrogen-bond donors (Lipinski definition) is 3. The molecule has 2 aromatic rings. The maximum atomic E-state index is 12.0. The third-order valence-electron chi connectivity index (χ3n) is 3.86.